The maximum absolute atomic E-state index is 15.4. The molecule has 0 unspecified atom stereocenters. The van der Waals surface area contributed by atoms with Crippen molar-refractivity contribution in [1.29, 1.82) is 0 Å². The first kappa shape index (κ1) is 18.5. The number of furan rings is 1. The smallest absolute Gasteiger partial charge is 0.292 e. The highest BCUT2D eigenvalue weighted by atomic mass is 19.1. The van der Waals surface area contributed by atoms with Gasteiger partial charge in [0.25, 0.3) is 5.91 Å². The summed E-state index contributed by atoms with van der Waals surface area (Å²) >= 11 is 0. The van der Waals surface area contributed by atoms with Crippen LogP contribution in [0.3, 0.4) is 0 Å². The Morgan fingerprint density at radius 3 is 2.81 bits per heavy atom. The Balaban J connectivity index is 1.43. The quantitative estimate of drug-likeness (QED) is 0.463. The lowest BCUT2D eigenvalue weighted by Crippen LogP contribution is -2.40. The van der Waals surface area contributed by atoms with E-state index in [1.807, 2.05) is 0 Å². The minimum atomic E-state index is -0.840. The number of hydrogen-bond acceptors (Lipinski definition) is 6. The minimum absolute atomic E-state index is 0.0335. The number of imidazole rings is 1. The number of halogens is 1. The van der Waals surface area contributed by atoms with Crippen molar-refractivity contribution in [2.75, 3.05) is 6.54 Å². The number of fused-ring (bicyclic) bond motifs is 2. The molecule has 0 radical (unpaired) electrons. The molecule has 5 aromatic rings. The summed E-state index contributed by atoms with van der Waals surface area (Å²) in [6, 6.07) is 11.3. The van der Waals surface area contributed by atoms with Gasteiger partial charge in [-0.2, -0.15) is 0 Å². The predicted octanol–water partition coefficient (Wildman–Crippen LogP) is 4.13. The van der Waals surface area contributed by atoms with Crippen molar-refractivity contribution in [2.45, 2.75) is 12.5 Å². The second kappa shape index (κ2) is 7.16. The van der Waals surface area contributed by atoms with Crippen molar-refractivity contribution in [2.24, 2.45) is 0 Å². The number of amides is 1. The molecule has 32 heavy (non-hydrogen) atoms. The summed E-state index contributed by atoms with van der Waals surface area (Å²) in [5.74, 6) is -0.634. The number of benzene rings is 1. The number of para-hydroxylation sites is 1. The minimum Gasteiger partial charge on any atom is -0.455 e. The van der Waals surface area contributed by atoms with E-state index in [1.165, 1.54) is 11.1 Å². The van der Waals surface area contributed by atoms with Gasteiger partial charge in [0.1, 0.15) is 17.3 Å². The van der Waals surface area contributed by atoms with Crippen LogP contribution in [-0.2, 0) is 6.42 Å². The number of rotatable bonds is 3. The maximum atomic E-state index is 15.4. The first-order chi connectivity index (χ1) is 15.7. The molecule has 6 rings (SSSR count). The lowest BCUT2D eigenvalue weighted by atomic mass is 9.99. The highest BCUT2D eigenvalue weighted by molar-refractivity contribution is 5.92. The number of hydrogen-bond donors (Lipinski definition) is 1. The molecule has 1 aliphatic heterocycles. The number of nitrogens with one attached hydrogen (secondary N) is 1. The van der Waals surface area contributed by atoms with E-state index in [2.05, 4.69) is 19.9 Å². The molecule has 9 heteroatoms. The summed E-state index contributed by atoms with van der Waals surface area (Å²) in [6.45, 7) is 0.328. The van der Waals surface area contributed by atoms with Crippen LogP contribution in [0.25, 0.3) is 22.6 Å². The number of oxazole rings is 1. The zero-order chi connectivity index (χ0) is 21.7. The molecule has 1 amide bonds. The van der Waals surface area contributed by atoms with Crippen LogP contribution in [0.15, 0.2) is 70.0 Å². The second-order valence-corrected chi connectivity index (χ2v) is 7.44. The summed E-state index contributed by atoms with van der Waals surface area (Å²) in [6.07, 6.45) is 5.06. The van der Waals surface area contributed by atoms with E-state index in [1.54, 1.807) is 55.0 Å². The largest absolute Gasteiger partial charge is 0.455 e. The molecule has 158 valence electrons. The third kappa shape index (κ3) is 2.82. The first-order valence-electron chi connectivity index (χ1n) is 10.1. The van der Waals surface area contributed by atoms with Crippen molar-refractivity contribution in [3.63, 3.8) is 0 Å². The topological polar surface area (TPSA) is 101 Å². The SMILES string of the molecule is O=C(c1cnc(-c2ccccn2)o1)N1CCc2[nH]cnc2[C@H]1c1oc2ccccc2c1F. The van der Waals surface area contributed by atoms with Crippen LogP contribution < -0.4 is 0 Å². The Hall–Kier alpha value is -4.27. The standard InChI is InChI=1S/C23H16FN5O3/c24-18-13-5-1-2-7-16(13)31-21(18)20-19-14(27-12-28-19)8-10-29(20)23(30)17-11-26-22(32-17)15-6-3-4-9-25-15/h1-7,9,11-12,20H,8,10H2,(H,27,28)/t20-/m0/s1. The monoisotopic (exact) mass is 429 g/mol. The van der Waals surface area contributed by atoms with Gasteiger partial charge < -0.3 is 18.7 Å². The molecule has 1 aromatic carbocycles. The van der Waals surface area contributed by atoms with Gasteiger partial charge in [-0.1, -0.05) is 18.2 Å². The average Bonchev–Trinajstić information content (AvgIpc) is 3.58. The molecular formula is C23H16FN5O3. The molecule has 1 atom stereocenters. The fourth-order valence-electron chi connectivity index (χ4n) is 4.09. The lowest BCUT2D eigenvalue weighted by molar-refractivity contribution is 0.0637. The third-order valence-electron chi connectivity index (χ3n) is 5.59. The van der Waals surface area contributed by atoms with Gasteiger partial charge in [-0.05, 0) is 24.3 Å². The predicted molar refractivity (Wildman–Crippen MR) is 111 cm³/mol. The third-order valence-corrected chi connectivity index (χ3v) is 5.59. The van der Waals surface area contributed by atoms with E-state index in [-0.39, 0.29) is 17.4 Å². The van der Waals surface area contributed by atoms with E-state index in [9.17, 15) is 4.79 Å². The second-order valence-electron chi connectivity index (χ2n) is 7.44. The van der Waals surface area contributed by atoms with E-state index in [0.717, 1.165) is 5.69 Å². The summed E-state index contributed by atoms with van der Waals surface area (Å²) in [5.41, 5.74) is 2.31. The highest BCUT2D eigenvalue weighted by Gasteiger charge is 2.40. The van der Waals surface area contributed by atoms with Crippen LogP contribution in [0.2, 0.25) is 0 Å². The fourth-order valence-corrected chi connectivity index (χ4v) is 4.09. The lowest BCUT2D eigenvalue weighted by Gasteiger charge is -2.33. The zero-order valence-corrected chi connectivity index (χ0v) is 16.7. The Kier molecular flexibility index (Phi) is 4.14. The molecule has 0 fully saturated rings. The van der Waals surface area contributed by atoms with Crippen LogP contribution in [0.1, 0.15) is 33.7 Å². The maximum Gasteiger partial charge on any atom is 0.292 e. The molecule has 0 spiro atoms. The number of carbonyl (C=O) groups is 1. The summed E-state index contributed by atoms with van der Waals surface area (Å²) in [5, 5.41) is 0.356. The van der Waals surface area contributed by atoms with E-state index >= 15 is 4.39 Å². The molecule has 4 aromatic heterocycles. The molecule has 0 aliphatic carbocycles. The van der Waals surface area contributed by atoms with Gasteiger partial charge in [-0.15, -0.1) is 0 Å². The Labute approximate surface area is 180 Å². The van der Waals surface area contributed by atoms with E-state index < -0.39 is 17.8 Å². The molecule has 8 nitrogen and oxygen atoms in total. The van der Waals surface area contributed by atoms with Crippen LogP contribution >= 0.6 is 0 Å². The average molecular weight is 429 g/mol. The van der Waals surface area contributed by atoms with Crippen molar-refractivity contribution in [3.05, 3.63) is 89.9 Å². The van der Waals surface area contributed by atoms with Crippen LogP contribution in [-0.4, -0.2) is 37.3 Å². The molecule has 1 N–H and O–H groups in total. The molecule has 0 bridgehead atoms. The van der Waals surface area contributed by atoms with Crippen LogP contribution in [0.5, 0.6) is 0 Å². The number of H-pyrrole nitrogens is 1. The summed E-state index contributed by atoms with van der Waals surface area (Å²) in [7, 11) is 0. The van der Waals surface area contributed by atoms with E-state index in [0.29, 0.717) is 35.3 Å². The molecule has 0 saturated heterocycles. The van der Waals surface area contributed by atoms with Crippen molar-refractivity contribution >= 4 is 16.9 Å². The van der Waals surface area contributed by atoms with Crippen molar-refractivity contribution in [1.82, 2.24) is 24.8 Å². The number of carbonyl (C=O) groups excluding carboxylic acids is 1. The number of pyridine rings is 1. The van der Waals surface area contributed by atoms with Gasteiger partial charge >= 0.3 is 0 Å². The van der Waals surface area contributed by atoms with Crippen LogP contribution in [0, 0.1) is 5.82 Å². The van der Waals surface area contributed by atoms with Gasteiger partial charge in [0.05, 0.1) is 23.6 Å². The Morgan fingerprint density at radius 1 is 1.09 bits per heavy atom. The summed E-state index contributed by atoms with van der Waals surface area (Å²) in [4.78, 5) is 30.8. The number of nitrogens with zero attached hydrogens (tertiary/aromatic N) is 4. The molecule has 5 heterocycles. The Morgan fingerprint density at radius 2 is 1.97 bits per heavy atom. The van der Waals surface area contributed by atoms with Gasteiger partial charge in [0, 0.05) is 24.9 Å². The van der Waals surface area contributed by atoms with Crippen molar-refractivity contribution in [3.8, 4) is 11.6 Å². The van der Waals surface area contributed by atoms with Gasteiger partial charge in [0.2, 0.25) is 11.7 Å². The Bertz CT molecular complexity index is 1440. The number of aromatic amines is 1. The summed E-state index contributed by atoms with van der Waals surface area (Å²) < 4.78 is 27.0. The zero-order valence-electron chi connectivity index (χ0n) is 16.7. The van der Waals surface area contributed by atoms with Gasteiger partial charge in [0.15, 0.2) is 11.6 Å². The normalized spacial score (nSPS) is 15.8. The first-order valence-corrected chi connectivity index (χ1v) is 10.1. The molecule has 1 aliphatic rings. The molecule has 0 saturated carbocycles. The van der Waals surface area contributed by atoms with Crippen LogP contribution in [0.4, 0.5) is 4.39 Å². The highest BCUT2D eigenvalue weighted by Crippen LogP contribution is 2.39. The van der Waals surface area contributed by atoms with Crippen molar-refractivity contribution < 1.29 is 18.0 Å². The van der Waals surface area contributed by atoms with Gasteiger partial charge in [-0.25, -0.2) is 14.4 Å². The van der Waals surface area contributed by atoms with Gasteiger partial charge in [-0.3, -0.25) is 9.78 Å². The molecular weight excluding hydrogens is 413 g/mol. The van der Waals surface area contributed by atoms with E-state index in [4.69, 9.17) is 8.83 Å². The number of aromatic nitrogens is 4. The fraction of sp³-hybridized carbons (Fsp3) is 0.130.